The number of anilines is 1. The average molecular weight is 451 g/mol. The maximum absolute atomic E-state index is 12.5. The molecule has 0 unspecified atom stereocenters. The maximum atomic E-state index is 12.5. The van der Waals surface area contributed by atoms with E-state index in [1.807, 2.05) is 5.32 Å². The van der Waals surface area contributed by atoms with Crippen LogP contribution in [0.15, 0.2) is 10.5 Å². The van der Waals surface area contributed by atoms with Crippen molar-refractivity contribution in [3.8, 4) is 0 Å². The summed E-state index contributed by atoms with van der Waals surface area (Å²) >= 11 is 0.914. The van der Waals surface area contributed by atoms with Crippen molar-refractivity contribution < 1.29 is 46.8 Å². The second-order valence-corrected chi connectivity index (χ2v) is 7.39. The van der Waals surface area contributed by atoms with Gasteiger partial charge >= 0.3 is 22.2 Å². The molecule has 17 heteroatoms. The Bertz CT molecular complexity index is 987. The van der Waals surface area contributed by atoms with Gasteiger partial charge in [-0.3, -0.25) is 14.1 Å². The van der Waals surface area contributed by atoms with Gasteiger partial charge in [0.15, 0.2) is 16.9 Å². The zero-order valence-corrected chi connectivity index (χ0v) is 16.0. The molecule has 29 heavy (non-hydrogen) atoms. The van der Waals surface area contributed by atoms with Gasteiger partial charge in [-0.25, -0.2) is 14.6 Å². The number of nitrogens with two attached hydrogens (primary N) is 1. The molecule has 0 spiro atoms. The number of aliphatic carboxylic acids is 1. The second-order valence-electron chi connectivity index (χ2n) is 5.21. The minimum Gasteiger partial charge on any atom is -0.479 e. The largest absolute Gasteiger partial charge is 0.479 e. The van der Waals surface area contributed by atoms with Gasteiger partial charge < -0.3 is 25.7 Å². The maximum Gasteiger partial charge on any atom is 0.363 e. The third kappa shape index (κ3) is 4.76. The van der Waals surface area contributed by atoms with Crippen LogP contribution < -0.4 is 11.1 Å². The molecule has 0 aliphatic carbocycles. The molecule has 0 radical (unpaired) electrons. The number of nitrogen functional groups attached to an aromatic ring is 1. The summed E-state index contributed by atoms with van der Waals surface area (Å²) in [7, 11) is -4.20. The number of carboxylic acid groups (broad SMARTS) is 1. The van der Waals surface area contributed by atoms with Gasteiger partial charge in [0, 0.05) is 5.38 Å². The van der Waals surface area contributed by atoms with Gasteiger partial charge in [0.25, 0.3) is 11.8 Å². The van der Waals surface area contributed by atoms with E-state index >= 15 is 0 Å². The first-order valence-electron chi connectivity index (χ1n) is 7.29. The van der Waals surface area contributed by atoms with Crippen molar-refractivity contribution in [3.63, 3.8) is 0 Å². The van der Waals surface area contributed by atoms with E-state index < -0.39 is 58.5 Å². The molecule has 158 valence electrons. The Hall–Kier alpha value is -3.31. The lowest BCUT2D eigenvalue weighted by Crippen LogP contribution is -2.74. The van der Waals surface area contributed by atoms with E-state index in [-0.39, 0.29) is 15.1 Å². The molecule has 5 N–H and O–H groups in total. The van der Waals surface area contributed by atoms with Crippen molar-refractivity contribution in [3.05, 3.63) is 11.1 Å². The molecule has 0 bridgehead atoms. The number of carbonyl (C=O) groups is 4. The zero-order chi connectivity index (χ0) is 21.9. The summed E-state index contributed by atoms with van der Waals surface area (Å²) in [5, 5.41) is 15.3. The molecule has 0 aromatic carbocycles. The van der Waals surface area contributed by atoms with Crippen molar-refractivity contribution in [2.24, 2.45) is 5.16 Å². The average Bonchev–Trinajstić information content (AvgIpc) is 3.04. The Balaban J connectivity index is 2.28. The van der Waals surface area contributed by atoms with E-state index in [4.69, 9.17) is 15.4 Å². The number of methoxy groups -OCH3 is 1. The van der Waals surface area contributed by atoms with Gasteiger partial charge in [0.1, 0.15) is 11.7 Å². The molecular formula is C12H13N5O10S2. The molecular weight excluding hydrogens is 438 g/mol. The van der Waals surface area contributed by atoms with Gasteiger partial charge in [0.05, 0.1) is 7.11 Å². The van der Waals surface area contributed by atoms with E-state index in [1.165, 1.54) is 5.38 Å². The number of hydrogen-bond donors (Lipinski definition) is 4. The Kier molecular flexibility index (Phi) is 6.34. The van der Waals surface area contributed by atoms with Crippen molar-refractivity contribution in [1.82, 2.24) is 14.6 Å². The number of β-lactam (4-membered cyclic amide) rings is 1. The van der Waals surface area contributed by atoms with Crippen LogP contribution in [0, 0.1) is 0 Å². The number of esters is 1. The standard InChI is InChI=1S/C12H13N5O10S2/c1-26-11(22)8-7(10(21)17(8)29(23,24)25)15-9(20)6(16-27-2-5(18)19)4-3-28-12(13)14-4/h3,7-8H,2H2,1H3,(H2,13,14)(H,15,20)(H,18,19)(H,23,24,25)/t7-,8-/m1/s1. The molecule has 1 saturated heterocycles. The lowest BCUT2D eigenvalue weighted by molar-refractivity contribution is -0.162. The number of carbonyl (C=O) groups excluding carboxylic acids is 3. The lowest BCUT2D eigenvalue weighted by atomic mass is 9.98. The number of nitrogens with one attached hydrogen (secondary N) is 1. The minimum absolute atomic E-state index is 0.0310. The van der Waals surface area contributed by atoms with Crippen LogP contribution in [0.4, 0.5) is 5.13 Å². The van der Waals surface area contributed by atoms with Crippen LogP contribution in [-0.4, -0.2) is 82.6 Å². The first-order valence-corrected chi connectivity index (χ1v) is 9.57. The third-order valence-corrected chi connectivity index (χ3v) is 4.93. The molecule has 0 saturated carbocycles. The number of carboxylic acids is 1. The van der Waals surface area contributed by atoms with Crippen molar-refractivity contribution in [2.75, 3.05) is 19.5 Å². The summed E-state index contributed by atoms with van der Waals surface area (Å²) in [5.41, 5.74) is 4.74. The van der Waals surface area contributed by atoms with Crippen LogP contribution in [0.3, 0.4) is 0 Å². The highest BCUT2D eigenvalue weighted by atomic mass is 32.2. The fourth-order valence-electron chi connectivity index (χ4n) is 2.18. The SMILES string of the molecule is COC(=O)[C@H]1[C@@H](NC(=O)C(=NOCC(=O)O)c2csc(N)n2)C(=O)N1S(=O)(=O)O. The fraction of sp³-hybridized carbons (Fsp3) is 0.333. The quantitative estimate of drug-likeness (QED) is 0.103. The molecule has 2 rings (SSSR count). The topological polar surface area (TPSA) is 228 Å². The van der Waals surface area contributed by atoms with Crippen LogP contribution >= 0.6 is 11.3 Å². The number of nitrogens with zero attached hydrogens (tertiary/aromatic N) is 3. The number of ether oxygens (including phenoxy) is 1. The van der Waals surface area contributed by atoms with Crippen LogP contribution in [0.1, 0.15) is 5.69 Å². The molecule has 2 amide bonds. The summed E-state index contributed by atoms with van der Waals surface area (Å²) in [6.07, 6.45) is 0. The molecule has 15 nitrogen and oxygen atoms in total. The van der Waals surface area contributed by atoms with Crippen molar-refractivity contribution in [2.45, 2.75) is 12.1 Å². The van der Waals surface area contributed by atoms with E-state index in [2.05, 4.69) is 19.7 Å². The predicted octanol–water partition coefficient (Wildman–Crippen LogP) is -2.80. The Morgan fingerprint density at radius 2 is 2.10 bits per heavy atom. The van der Waals surface area contributed by atoms with Crippen molar-refractivity contribution in [1.29, 1.82) is 0 Å². The number of aromatic nitrogens is 1. The summed E-state index contributed by atoms with van der Waals surface area (Å²) in [5.74, 6) is -5.11. The van der Waals surface area contributed by atoms with Crippen LogP contribution in [0.2, 0.25) is 0 Å². The second kappa shape index (κ2) is 8.37. The van der Waals surface area contributed by atoms with Crippen molar-refractivity contribution >= 4 is 56.2 Å². The first kappa shape index (κ1) is 22.0. The summed E-state index contributed by atoms with van der Waals surface area (Å²) < 4.78 is 35.8. The van der Waals surface area contributed by atoms with E-state index in [1.54, 1.807) is 0 Å². The van der Waals surface area contributed by atoms with E-state index in [0.717, 1.165) is 18.4 Å². The van der Waals surface area contributed by atoms with Crippen LogP contribution in [0.5, 0.6) is 0 Å². The van der Waals surface area contributed by atoms with Crippen LogP contribution in [-0.2, 0) is 39.1 Å². The number of thiazole rings is 1. The molecule has 1 fully saturated rings. The smallest absolute Gasteiger partial charge is 0.363 e. The molecule has 2 atom stereocenters. The zero-order valence-electron chi connectivity index (χ0n) is 14.3. The number of rotatable bonds is 8. The molecule has 1 aliphatic heterocycles. The Labute approximate surface area is 166 Å². The Morgan fingerprint density at radius 1 is 1.45 bits per heavy atom. The molecule has 1 aromatic heterocycles. The third-order valence-electron chi connectivity index (χ3n) is 3.35. The molecule has 1 aliphatic rings. The van der Waals surface area contributed by atoms with Gasteiger partial charge in [0.2, 0.25) is 6.61 Å². The van der Waals surface area contributed by atoms with Gasteiger partial charge in [-0.05, 0) is 0 Å². The van der Waals surface area contributed by atoms with Gasteiger partial charge in [-0.2, -0.15) is 12.7 Å². The highest BCUT2D eigenvalue weighted by molar-refractivity contribution is 7.84. The minimum atomic E-state index is -5.10. The molecule has 1 aromatic rings. The monoisotopic (exact) mass is 451 g/mol. The summed E-state index contributed by atoms with van der Waals surface area (Å²) in [6, 6.07) is -3.59. The van der Waals surface area contributed by atoms with Gasteiger partial charge in [-0.1, -0.05) is 5.16 Å². The highest BCUT2D eigenvalue weighted by Gasteiger charge is 2.58. The summed E-state index contributed by atoms with van der Waals surface area (Å²) in [6.45, 7) is -0.903. The molecule has 2 heterocycles. The van der Waals surface area contributed by atoms with E-state index in [0.29, 0.717) is 0 Å². The fourth-order valence-corrected chi connectivity index (χ4v) is 3.56. The Morgan fingerprint density at radius 3 is 2.59 bits per heavy atom. The number of oxime groups is 1. The number of amides is 2. The highest BCUT2D eigenvalue weighted by Crippen LogP contribution is 2.25. The predicted molar refractivity (Wildman–Crippen MR) is 92.8 cm³/mol. The lowest BCUT2D eigenvalue weighted by Gasteiger charge is -2.41. The van der Waals surface area contributed by atoms with Crippen LogP contribution in [0.25, 0.3) is 0 Å². The first-order chi connectivity index (χ1) is 13.5. The number of hydrogen-bond acceptors (Lipinski definition) is 12. The van der Waals surface area contributed by atoms with Gasteiger partial charge in [-0.15, -0.1) is 11.3 Å². The summed E-state index contributed by atoms with van der Waals surface area (Å²) in [4.78, 5) is 55.1. The normalized spacial score (nSPS) is 19.3. The van der Waals surface area contributed by atoms with E-state index in [9.17, 15) is 27.6 Å².